The number of aromatic nitrogens is 4. The van der Waals surface area contributed by atoms with Crippen LogP contribution in [0.25, 0.3) is 10.8 Å². The Kier molecular flexibility index (Phi) is 4.73. The smallest absolute Gasteiger partial charge is 0.224 e. The van der Waals surface area contributed by atoms with Gasteiger partial charge in [-0.3, -0.25) is 10.2 Å². The molecule has 2 aromatic carbocycles. The molecule has 5 rings (SSSR count). The van der Waals surface area contributed by atoms with E-state index >= 15 is 0 Å². The molecule has 2 N–H and O–H groups in total. The topological polar surface area (TPSA) is 88.0 Å². The Morgan fingerprint density at radius 3 is 2.90 bits per heavy atom. The van der Waals surface area contributed by atoms with E-state index in [1.54, 1.807) is 4.68 Å². The number of likely N-dealkylation sites (tertiary alicyclic amines) is 1. The van der Waals surface area contributed by atoms with Crippen LogP contribution in [0, 0.1) is 12.8 Å². The lowest BCUT2D eigenvalue weighted by atomic mass is 9.83. The first kappa shape index (κ1) is 18.2. The van der Waals surface area contributed by atoms with Gasteiger partial charge >= 0.3 is 0 Å². The SMILES string of the molecule is Cc1nnnn1CCC(=O)N1CCC2NNC(c3cccc4ccccc34)C2C1. The standard InChI is InChI=1S/C21H25N7O/c1-14-22-25-26-28(14)12-10-20(29)27-11-9-19-18(13-27)21(24-23-19)17-8-4-6-15-5-2-3-7-16(15)17/h2-8,18-19,21,23-24H,9-13H2,1H3. The van der Waals surface area contributed by atoms with Gasteiger partial charge in [0.1, 0.15) is 5.82 Å². The van der Waals surface area contributed by atoms with E-state index in [2.05, 4.69) is 68.8 Å². The number of piperidine rings is 1. The Morgan fingerprint density at radius 1 is 1.17 bits per heavy atom. The molecule has 1 aromatic heterocycles. The van der Waals surface area contributed by atoms with E-state index < -0.39 is 0 Å². The number of hydrazine groups is 1. The maximum absolute atomic E-state index is 12.9. The maximum Gasteiger partial charge on any atom is 0.224 e. The monoisotopic (exact) mass is 391 g/mol. The minimum atomic E-state index is 0.168. The molecule has 2 aliphatic heterocycles. The quantitative estimate of drug-likeness (QED) is 0.702. The summed E-state index contributed by atoms with van der Waals surface area (Å²) in [4.78, 5) is 14.9. The third kappa shape index (κ3) is 3.38. The second kappa shape index (κ2) is 7.53. The van der Waals surface area contributed by atoms with Gasteiger partial charge in [0.2, 0.25) is 5.91 Å². The lowest BCUT2D eigenvalue weighted by molar-refractivity contribution is -0.133. The molecule has 1 amide bonds. The zero-order chi connectivity index (χ0) is 19.8. The van der Waals surface area contributed by atoms with Gasteiger partial charge in [-0.1, -0.05) is 42.5 Å². The van der Waals surface area contributed by atoms with Crippen molar-refractivity contribution < 1.29 is 4.79 Å². The van der Waals surface area contributed by atoms with Crippen LogP contribution in [-0.4, -0.2) is 50.1 Å². The average molecular weight is 391 g/mol. The van der Waals surface area contributed by atoms with Crippen LogP contribution in [0.5, 0.6) is 0 Å². The number of amides is 1. The molecule has 0 saturated carbocycles. The predicted octanol–water partition coefficient (Wildman–Crippen LogP) is 1.59. The van der Waals surface area contributed by atoms with Gasteiger partial charge in [-0.15, -0.1) is 5.10 Å². The average Bonchev–Trinajstić information content (AvgIpc) is 3.37. The van der Waals surface area contributed by atoms with Crippen molar-refractivity contribution in [1.29, 1.82) is 0 Å². The molecule has 3 heterocycles. The number of nitrogens with zero attached hydrogens (tertiary/aromatic N) is 5. The molecule has 0 radical (unpaired) electrons. The van der Waals surface area contributed by atoms with Crippen molar-refractivity contribution in [3.63, 3.8) is 0 Å². The summed E-state index contributed by atoms with van der Waals surface area (Å²) in [5.41, 5.74) is 8.28. The van der Waals surface area contributed by atoms with Crippen molar-refractivity contribution >= 4 is 16.7 Å². The van der Waals surface area contributed by atoms with Crippen molar-refractivity contribution in [3.8, 4) is 0 Å². The van der Waals surface area contributed by atoms with Crippen molar-refractivity contribution in [3.05, 3.63) is 53.9 Å². The summed E-state index contributed by atoms with van der Waals surface area (Å²) in [5, 5.41) is 14.0. The Labute approximate surface area is 169 Å². The molecule has 0 bridgehead atoms. The predicted molar refractivity (Wildman–Crippen MR) is 109 cm³/mol. The zero-order valence-corrected chi connectivity index (χ0v) is 16.5. The van der Waals surface area contributed by atoms with Crippen LogP contribution in [-0.2, 0) is 11.3 Å². The summed E-state index contributed by atoms with van der Waals surface area (Å²) in [6.45, 7) is 3.91. The van der Waals surface area contributed by atoms with Crippen LogP contribution in [0.3, 0.4) is 0 Å². The minimum absolute atomic E-state index is 0.168. The Morgan fingerprint density at radius 2 is 2.03 bits per heavy atom. The van der Waals surface area contributed by atoms with Gasteiger partial charge in [-0.05, 0) is 40.1 Å². The third-order valence-electron chi connectivity index (χ3n) is 6.27. The minimum Gasteiger partial charge on any atom is -0.342 e. The number of tetrazole rings is 1. The fourth-order valence-corrected chi connectivity index (χ4v) is 4.67. The van der Waals surface area contributed by atoms with Crippen LogP contribution >= 0.6 is 0 Å². The maximum atomic E-state index is 12.9. The van der Waals surface area contributed by atoms with Crippen molar-refractivity contribution in [2.45, 2.75) is 38.4 Å². The third-order valence-corrected chi connectivity index (χ3v) is 6.27. The molecule has 150 valence electrons. The van der Waals surface area contributed by atoms with Gasteiger partial charge in [-0.2, -0.15) is 0 Å². The number of aryl methyl sites for hydroxylation is 2. The van der Waals surface area contributed by atoms with Crippen LogP contribution in [0.1, 0.15) is 30.3 Å². The molecule has 2 aliphatic rings. The van der Waals surface area contributed by atoms with Gasteiger partial charge in [0.25, 0.3) is 0 Å². The number of fused-ring (bicyclic) bond motifs is 2. The molecule has 2 saturated heterocycles. The molecule has 3 unspecified atom stereocenters. The zero-order valence-electron chi connectivity index (χ0n) is 16.5. The van der Waals surface area contributed by atoms with Crippen LogP contribution < -0.4 is 10.9 Å². The lowest BCUT2D eigenvalue weighted by Gasteiger charge is -2.36. The first-order valence-corrected chi connectivity index (χ1v) is 10.2. The molecular weight excluding hydrogens is 366 g/mol. The van der Waals surface area contributed by atoms with E-state index in [1.807, 2.05) is 11.8 Å². The fraction of sp³-hybridized carbons (Fsp3) is 0.429. The molecule has 29 heavy (non-hydrogen) atoms. The summed E-state index contributed by atoms with van der Waals surface area (Å²) in [5.74, 6) is 1.24. The highest BCUT2D eigenvalue weighted by molar-refractivity contribution is 5.86. The molecule has 2 fully saturated rings. The van der Waals surface area contributed by atoms with E-state index in [4.69, 9.17) is 0 Å². The highest BCUT2D eigenvalue weighted by atomic mass is 16.2. The molecule has 0 aliphatic carbocycles. The normalized spacial score (nSPS) is 24.0. The van der Waals surface area contributed by atoms with Gasteiger partial charge < -0.3 is 4.90 Å². The van der Waals surface area contributed by atoms with Gasteiger partial charge in [-0.25, -0.2) is 10.1 Å². The number of nitrogens with one attached hydrogen (secondary N) is 2. The van der Waals surface area contributed by atoms with Gasteiger partial charge in [0.15, 0.2) is 0 Å². The number of hydrogen-bond donors (Lipinski definition) is 2. The second-order valence-corrected chi connectivity index (χ2v) is 7.93. The fourth-order valence-electron chi connectivity index (χ4n) is 4.67. The molecule has 3 aromatic rings. The summed E-state index contributed by atoms with van der Waals surface area (Å²) in [6.07, 6.45) is 1.37. The number of benzene rings is 2. The first-order chi connectivity index (χ1) is 14.2. The number of hydrogen-bond acceptors (Lipinski definition) is 6. The van der Waals surface area contributed by atoms with Crippen LogP contribution in [0.4, 0.5) is 0 Å². The largest absolute Gasteiger partial charge is 0.342 e. The van der Waals surface area contributed by atoms with Gasteiger partial charge in [0, 0.05) is 31.5 Å². The molecule has 8 heteroatoms. The molecular formula is C21H25N7O. The summed E-state index contributed by atoms with van der Waals surface area (Å²) < 4.78 is 1.68. The Hall–Kier alpha value is -2.84. The summed E-state index contributed by atoms with van der Waals surface area (Å²) in [7, 11) is 0. The van der Waals surface area contributed by atoms with Crippen LogP contribution in [0.15, 0.2) is 42.5 Å². The van der Waals surface area contributed by atoms with Crippen molar-refractivity contribution in [2.24, 2.45) is 5.92 Å². The highest BCUT2D eigenvalue weighted by Crippen LogP contribution is 2.36. The second-order valence-electron chi connectivity index (χ2n) is 7.93. The number of rotatable bonds is 4. The van der Waals surface area contributed by atoms with Gasteiger partial charge in [0.05, 0.1) is 12.6 Å². The van der Waals surface area contributed by atoms with E-state index in [0.717, 1.165) is 25.3 Å². The number of carbonyl (C=O) groups is 1. The molecule has 0 spiro atoms. The summed E-state index contributed by atoms with van der Waals surface area (Å²) >= 11 is 0. The lowest BCUT2D eigenvalue weighted by Crippen LogP contribution is -2.48. The Bertz CT molecular complexity index is 1030. The first-order valence-electron chi connectivity index (χ1n) is 10.2. The number of carbonyl (C=O) groups excluding carboxylic acids is 1. The Balaban J connectivity index is 1.32. The van der Waals surface area contributed by atoms with Crippen LogP contribution in [0.2, 0.25) is 0 Å². The van der Waals surface area contributed by atoms with E-state index in [0.29, 0.717) is 24.9 Å². The van der Waals surface area contributed by atoms with Crippen molar-refractivity contribution in [2.75, 3.05) is 13.1 Å². The molecule has 3 atom stereocenters. The van der Waals surface area contributed by atoms with Crippen molar-refractivity contribution in [1.82, 2.24) is 36.0 Å². The van der Waals surface area contributed by atoms with E-state index in [-0.39, 0.29) is 11.9 Å². The summed E-state index contributed by atoms with van der Waals surface area (Å²) in [6, 6.07) is 15.5. The van der Waals surface area contributed by atoms with E-state index in [1.165, 1.54) is 16.3 Å². The molecule has 8 nitrogen and oxygen atoms in total. The van der Waals surface area contributed by atoms with E-state index in [9.17, 15) is 4.79 Å². The highest BCUT2D eigenvalue weighted by Gasteiger charge is 2.41.